The van der Waals surface area contributed by atoms with E-state index in [9.17, 15) is 14.9 Å². The summed E-state index contributed by atoms with van der Waals surface area (Å²) in [7, 11) is 1.31. The summed E-state index contributed by atoms with van der Waals surface area (Å²) in [5.74, 6) is -0.487. The topological polar surface area (TPSA) is 69.4 Å². The highest BCUT2D eigenvalue weighted by Gasteiger charge is 2.19. The van der Waals surface area contributed by atoms with Crippen LogP contribution in [-0.2, 0) is 4.74 Å². The van der Waals surface area contributed by atoms with E-state index in [1.165, 1.54) is 13.2 Å². The third-order valence-electron chi connectivity index (χ3n) is 3.92. The van der Waals surface area contributed by atoms with Gasteiger partial charge >= 0.3 is 5.97 Å². The number of carbonyl (C=O) groups is 1. The highest BCUT2D eigenvalue weighted by Crippen LogP contribution is 2.33. The number of ether oxygens (including phenoxy) is 1. The number of benzene rings is 3. The Morgan fingerprint density at radius 3 is 2.24 bits per heavy atom. The molecule has 0 fully saturated rings. The molecule has 0 aromatic heterocycles. The second-order valence-corrected chi connectivity index (χ2v) is 5.39. The third-order valence-corrected chi connectivity index (χ3v) is 3.92. The van der Waals surface area contributed by atoms with Gasteiger partial charge in [0.2, 0.25) is 0 Å². The van der Waals surface area contributed by atoms with Crippen LogP contribution in [0.25, 0.3) is 22.3 Å². The molecule has 5 nitrogen and oxygen atoms in total. The molecule has 124 valence electrons. The molecule has 0 unspecified atom stereocenters. The molecule has 5 heteroatoms. The van der Waals surface area contributed by atoms with Crippen molar-refractivity contribution in [2.24, 2.45) is 0 Å². The molecular formula is C20H15NO4. The van der Waals surface area contributed by atoms with E-state index in [1.807, 2.05) is 30.3 Å². The predicted octanol–water partition coefficient (Wildman–Crippen LogP) is 4.72. The molecule has 0 saturated carbocycles. The molecular weight excluding hydrogens is 318 g/mol. The van der Waals surface area contributed by atoms with Crippen LogP contribution < -0.4 is 0 Å². The van der Waals surface area contributed by atoms with Gasteiger partial charge in [-0.05, 0) is 28.8 Å². The summed E-state index contributed by atoms with van der Waals surface area (Å²) >= 11 is 0. The van der Waals surface area contributed by atoms with Crippen molar-refractivity contribution in [3.63, 3.8) is 0 Å². The van der Waals surface area contributed by atoms with Crippen LogP contribution in [0.4, 0.5) is 5.69 Å². The monoisotopic (exact) mass is 333 g/mol. The van der Waals surface area contributed by atoms with Gasteiger partial charge in [0.1, 0.15) is 0 Å². The second-order valence-electron chi connectivity index (χ2n) is 5.39. The van der Waals surface area contributed by atoms with Crippen molar-refractivity contribution < 1.29 is 14.5 Å². The molecule has 0 heterocycles. The molecule has 0 N–H and O–H groups in total. The number of para-hydroxylation sites is 1. The largest absolute Gasteiger partial charge is 0.465 e. The fourth-order valence-corrected chi connectivity index (χ4v) is 2.74. The van der Waals surface area contributed by atoms with Crippen LogP contribution in [0.2, 0.25) is 0 Å². The number of nitro benzene ring substituents is 1. The third kappa shape index (κ3) is 3.26. The SMILES string of the molecule is COC(=O)c1cc(-c2ccccc2[N+](=O)[O-])ccc1-c1ccccc1. The minimum absolute atomic E-state index is 0.00854. The first-order chi connectivity index (χ1) is 12.1. The first kappa shape index (κ1) is 16.4. The van der Waals surface area contributed by atoms with Gasteiger partial charge in [-0.3, -0.25) is 10.1 Å². The zero-order valence-corrected chi connectivity index (χ0v) is 13.5. The van der Waals surface area contributed by atoms with Gasteiger partial charge in [0.05, 0.1) is 23.2 Å². The van der Waals surface area contributed by atoms with Crippen LogP contribution in [0.5, 0.6) is 0 Å². The van der Waals surface area contributed by atoms with Crippen molar-refractivity contribution in [2.45, 2.75) is 0 Å². The Kier molecular flexibility index (Phi) is 4.57. The summed E-state index contributed by atoms with van der Waals surface area (Å²) in [6.45, 7) is 0. The molecule has 0 atom stereocenters. The maximum Gasteiger partial charge on any atom is 0.338 e. The Morgan fingerprint density at radius 2 is 1.56 bits per heavy atom. The van der Waals surface area contributed by atoms with Crippen molar-refractivity contribution in [2.75, 3.05) is 7.11 Å². The lowest BCUT2D eigenvalue weighted by atomic mass is 9.94. The van der Waals surface area contributed by atoms with E-state index in [0.29, 0.717) is 16.7 Å². The molecule has 0 amide bonds. The van der Waals surface area contributed by atoms with E-state index < -0.39 is 10.9 Å². The van der Waals surface area contributed by atoms with Gasteiger partial charge < -0.3 is 4.74 Å². The number of rotatable bonds is 4. The van der Waals surface area contributed by atoms with E-state index in [-0.39, 0.29) is 5.69 Å². The Labute approximate surface area is 144 Å². The smallest absolute Gasteiger partial charge is 0.338 e. The minimum atomic E-state index is -0.487. The summed E-state index contributed by atoms with van der Waals surface area (Å²) in [6, 6.07) is 21.1. The van der Waals surface area contributed by atoms with E-state index >= 15 is 0 Å². The average molecular weight is 333 g/mol. The number of nitro groups is 1. The number of nitrogens with zero attached hydrogens (tertiary/aromatic N) is 1. The minimum Gasteiger partial charge on any atom is -0.465 e. The molecule has 3 rings (SSSR count). The van der Waals surface area contributed by atoms with E-state index in [1.54, 1.807) is 36.4 Å². The lowest BCUT2D eigenvalue weighted by Gasteiger charge is -2.11. The van der Waals surface area contributed by atoms with Gasteiger partial charge in [-0.1, -0.05) is 54.6 Å². The molecule has 0 bridgehead atoms. The molecule has 0 spiro atoms. The molecule has 3 aromatic rings. The van der Waals surface area contributed by atoms with Crippen molar-refractivity contribution in [1.29, 1.82) is 0 Å². The van der Waals surface area contributed by atoms with E-state index in [4.69, 9.17) is 4.74 Å². The number of methoxy groups -OCH3 is 1. The molecule has 3 aromatic carbocycles. The Balaban J connectivity index is 2.19. The molecule has 25 heavy (non-hydrogen) atoms. The van der Waals surface area contributed by atoms with Crippen LogP contribution in [0, 0.1) is 10.1 Å². The van der Waals surface area contributed by atoms with Gasteiger partial charge in [-0.25, -0.2) is 4.79 Å². The average Bonchev–Trinajstić information content (AvgIpc) is 2.67. The lowest BCUT2D eigenvalue weighted by Crippen LogP contribution is -2.04. The molecule has 0 aliphatic rings. The normalized spacial score (nSPS) is 10.3. The standard InChI is InChI=1S/C20H15NO4/c1-25-20(22)18-13-15(17-9-5-6-10-19(17)21(23)24)11-12-16(18)14-7-3-2-4-8-14/h2-13H,1H3. The van der Waals surface area contributed by atoms with Crippen molar-refractivity contribution in [3.8, 4) is 22.3 Å². The zero-order chi connectivity index (χ0) is 17.8. The Morgan fingerprint density at radius 1 is 0.880 bits per heavy atom. The second kappa shape index (κ2) is 6.97. The van der Waals surface area contributed by atoms with Gasteiger partial charge in [-0.15, -0.1) is 0 Å². The zero-order valence-electron chi connectivity index (χ0n) is 13.5. The quantitative estimate of drug-likeness (QED) is 0.394. The van der Waals surface area contributed by atoms with Crippen LogP contribution in [0.3, 0.4) is 0 Å². The van der Waals surface area contributed by atoms with E-state index in [2.05, 4.69) is 0 Å². The summed E-state index contributed by atoms with van der Waals surface area (Å²) in [6.07, 6.45) is 0. The van der Waals surface area contributed by atoms with Gasteiger partial charge in [-0.2, -0.15) is 0 Å². The summed E-state index contributed by atoms with van der Waals surface area (Å²) in [5.41, 5.74) is 2.99. The fraction of sp³-hybridized carbons (Fsp3) is 0.0500. The Hall–Kier alpha value is -3.47. The maximum absolute atomic E-state index is 12.3. The predicted molar refractivity (Wildman–Crippen MR) is 95.3 cm³/mol. The van der Waals surface area contributed by atoms with Crippen molar-refractivity contribution in [1.82, 2.24) is 0 Å². The maximum atomic E-state index is 12.3. The van der Waals surface area contributed by atoms with Gasteiger partial charge in [0.25, 0.3) is 5.69 Å². The van der Waals surface area contributed by atoms with Crippen LogP contribution in [0.15, 0.2) is 72.8 Å². The van der Waals surface area contributed by atoms with E-state index in [0.717, 1.165) is 11.1 Å². The molecule has 0 aliphatic heterocycles. The number of carbonyl (C=O) groups excluding carboxylic acids is 1. The highest BCUT2D eigenvalue weighted by molar-refractivity contribution is 5.99. The number of hydrogen-bond acceptors (Lipinski definition) is 4. The van der Waals surface area contributed by atoms with Crippen LogP contribution in [0.1, 0.15) is 10.4 Å². The Bertz CT molecular complexity index is 935. The molecule has 0 saturated heterocycles. The lowest BCUT2D eigenvalue weighted by molar-refractivity contribution is -0.384. The molecule has 0 radical (unpaired) electrons. The van der Waals surface area contributed by atoms with Crippen LogP contribution >= 0.6 is 0 Å². The first-order valence-corrected chi connectivity index (χ1v) is 7.63. The summed E-state index contributed by atoms with van der Waals surface area (Å²) in [5, 5.41) is 11.3. The highest BCUT2D eigenvalue weighted by atomic mass is 16.6. The van der Waals surface area contributed by atoms with Gasteiger partial charge in [0, 0.05) is 6.07 Å². The van der Waals surface area contributed by atoms with Crippen molar-refractivity contribution in [3.05, 3.63) is 88.5 Å². The summed E-state index contributed by atoms with van der Waals surface area (Å²) < 4.78 is 4.89. The number of esters is 1. The summed E-state index contributed by atoms with van der Waals surface area (Å²) in [4.78, 5) is 23.1. The fourth-order valence-electron chi connectivity index (χ4n) is 2.74. The van der Waals surface area contributed by atoms with Gasteiger partial charge in [0.15, 0.2) is 0 Å². The molecule has 0 aliphatic carbocycles. The van der Waals surface area contributed by atoms with Crippen molar-refractivity contribution >= 4 is 11.7 Å². The number of hydrogen-bond donors (Lipinski definition) is 0. The van der Waals surface area contributed by atoms with Crippen LogP contribution in [-0.4, -0.2) is 18.0 Å². The first-order valence-electron chi connectivity index (χ1n) is 7.63.